The third kappa shape index (κ3) is 0.780. The van der Waals surface area contributed by atoms with Crippen molar-refractivity contribution in [2.75, 3.05) is 13.2 Å². The molecular weight excluding hydrogens is 148 g/mol. The highest BCUT2D eigenvalue weighted by atomic mass is 16.6. The molecule has 0 spiro atoms. The fraction of sp³-hybridized carbons (Fsp3) is 1.00. The molecule has 2 aliphatic rings. The van der Waals surface area contributed by atoms with Gasteiger partial charge in [0.1, 0.15) is 17.8 Å². The summed E-state index contributed by atoms with van der Waals surface area (Å²) in [6.07, 6.45) is -1.02. The van der Waals surface area contributed by atoms with Gasteiger partial charge in [-0.2, -0.15) is 0 Å². The molecule has 0 saturated carbocycles. The lowest BCUT2D eigenvalue weighted by Gasteiger charge is -2.26. The minimum Gasteiger partial charge on any atom is -0.393 e. The maximum absolute atomic E-state index is 9.54. The van der Waals surface area contributed by atoms with Crippen LogP contribution in [-0.4, -0.2) is 47.3 Å². The molecule has 2 heterocycles. The van der Waals surface area contributed by atoms with Crippen LogP contribution in [0.15, 0.2) is 0 Å². The van der Waals surface area contributed by atoms with Crippen LogP contribution in [0, 0.1) is 0 Å². The first-order valence-corrected chi connectivity index (χ1v) is 3.78. The van der Waals surface area contributed by atoms with E-state index in [0.717, 1.165) is 0 Å². The number of ether oxygens (including phenoxy) is 2. The van der Waals surface area contributed by atoms with E-state index >= 15 is 0 Å². The maximum atomic E-state index is 9.54. The van der Waals surface area contributed by atoms with Crippen molar-refractivity contribution in [1.82, 2.24) is 0 Å². The van der Waals surface area contributed by atoms with Gasteiger partial charge in [-0.1, -0.05) is 0 Å². The highest BCUT2D eigenvalue weighted by molar-refractivity contribution is 5.06. The number of hydrogen-bond acceptors (Lipinski definition) is 4. The Balaban J connectivity index is 2.24. The lowest BCUT2D eigenvalue weighted by atomic mass is 10.0. The standard InChI is InChI=1S/C7H12O4/c1-4-5-6(9)7(2-8,11-4)3-10-5/h4-6,8-9H,2-3H2,1H3. The van der Waals surface area contributed by atoms with Gasteiger partial charge in [0.2, 0.25) is 0 Å². The molecule has 11 heavy (non-hydrogen) atoms. The number of rotatable bonds is 1. The van der Waals surface area contributed by atoms with E-state index in [2.05, 4.69) is 0 Å². The van der Waals surface area contributed by atoms with Crippen LogP contribution >= 0.6 is 0 Å². The maximum Gasteiger partial charge on any atom is 0.143 e. The van der Waals surface area contributed by atoms with E-state index in [4.69, 9.17) is 14.6 Å². The Hall–Kier alpha value is -0.160. The van der Waals surface area contributed by atoms with Crippen molar-refractivity contribution < 1.29 is 19.7 Å². The minimum atomic E-state index is -0.829. The van der Waals surface area contributed by atoms with Gasteiger partial charge >= 0.3 is 0 Å². The van der Waals surface area contributed by atoms with Gasteiger partial charge in [-0.25, -0.2) is 0 Å². The summed E-state index contributed by atoms with van der Waals surface area (Å²) in [5.41, 5.74) is -0.829. The Kier molecular flexibility index (Phi) is 1.47. The van der Waals surface area contributed by atoms with Gasteiger partial charge in [-0.3, -0.25) is 0 Å². The summed E-state index contributed by atoms with van der Waals surface area (Å²) in [4.78, 5) is 0. The predicted molar refractivity (Wildman–Crippen MR) is 36.1 cm³/mol. The average Bonchev–Trinajstić information content (AvgIpc) is 2.42. The zero-order valence-corrected chi connectivity index (χ0v) is 6.36. The molecule has 0 aromatic heterocycles. The molecule has 0 radical (unpaired) electrons. The highest BCUT2D eigenvalue weighted by Crippen LogP contribution is 2.39. The van der Waals surface area contributed by atoms with Gasteiger partial charge in [0.25, 0.3) is 0 Å². The van der Waals surface area contributed by atoms with Crippen molar-refractivity contribution in [3.63, 3.8) is 0 Å². The van der Waals surface area contributed by atoms with Crippen LogP contribution in [-0.2, 0) is 9.47 Å². The molecule has 4 nitrogen and oxygen atoms in total. The summed E-state index contributed by atoms with van der Waals surface area (Å²) < 4.78 is 10.6. The topological polar surface area (TPSA) is 58.9 Å². The van der Waals surface area contributed by atoms with E-state index < -0.39 is 11.7 Å². The Bertz CT molecular complexity index is 172. The van der Waals surface area contributed by atoms with E-state index in [1.54, 1.807) is 0 Å². The fourth-order valence-electron chi connectivity index (χ4n) is 1.82. The van der Waals surface area contributed by atoms with E-state index in [1.165, 1.54) is 0 Å². The van der Waals surface area contributed by atoms with Crippen LogP contribution < -0.4 is 0 Å². The van der Waals surface area contributed by atoms with E-state index in [9.17, 15) is 5.11 Å². The van der Waals surface area contributed by atoms with Crippen LogP contribution in [0.1, 0.15) is 6.92 Å². The second-order valence-corrected chi connectivity index (χ2v) is 3.27. The lowest BCUT2D eigenvalue weighted by molar-refractivity contribution is -0.155. The molecule has 0 amide bonds. The Morgan fingerprint density at radius 3 is 2.64 bits per heavy atom. The molecule has 2 fully saturated rings. The number of aliphatic hydroxyl groups excluding tert-OH is 2. The summed E-state index contributed by atoms with van der Waals surface area (Å²) in [7, 11) is 0. The van der Waals surface area contributed by atoms with Gasteiger partial charge in [-0.05, 0) is 6.92 Å². The highest BCUT2D eigenvalue weighted by Gasteiger charge is 2.59. The lowest BCUT2D eigenvalue weighted by Crippen LogP contribution is -2.44. The van der Waals surface area contributed by atoms with Gasteiger partial charge < -0.3 is 19.7 Å². The average molecular weight is 160 g/mol. The van der Waals surface area contributed by atoms with Crippen LogP contribution in [0.5, 0.6) is 0 Å². The van der Waals surface area contributed by atoms with Crippen molar-refractivity contribution in [3.05, 3.63) is 0 Å². The van der Waals surface area contributed by atoms with Crippen LogP contribution in [0.2, 0.25) is 0 Å². The molecule has 2 N–H and O–H groups in total. The molecule has 0 aromatic carbocycles. The Morgan fingerprint density at radius 1 is 1.64 bits per heavy atom. The molecule has 4 heteroatoms. The molecular formula is C7H12O4. The number of hydrogen-bond donors (Lipinski definition) is 2. The van der Waals surface area contributed by atoms with Crippen molar-refractivity contribution in [3.8, 4) is 0 Å². The summed E-state index contributed by atoms with van der Waals surface area (Å²) >= 11 is 0. The molecule has 2 aliphatic heterocycles. The molecule has 4 unspecified atom stereocenters. The van der Waals surface area contributed by atoms with Gasteiger partial charge in [0.05, 0.1) is 19.3 Å². The summed E-state index contributed by atoms with van der Waals surface area (Å²) in [5, 5.41) is 18.5. The normalized spacial score (nSPS) is 55.4. The number of aliphatic hydroxyl groups is 2. The van der Waals surface area contributed by atoms with Crippen molar-refractivity contribution in [2.45, 2.75) is 30.8 Å². The van der Waals surface area contributed by atoms with Crippen LogP contribution in [0.4, 0.5) is 0 Å². The largest absolute Gasteiger partial charge is 0.393 e. The second-order valence-electron chi connectivity index (χ2n) is 3.27. The Morgan fingerprint density at radius 2 is 2.36 bits per heavy atom. The predicted octanol–water partition coefficient (Wildman–Crippen LogP) is -1.10. The first kappa shape index (κ1) is 7.49. The fourth-order valence-corrected chi connectivity index (χ4v) is 1.82. The first-order chi connectivity index (χ1) is 5.19. The third-order valence-corrected chi connectivity index (χ3v) is 2.52. The molecule has 2 saturated heterocycles. The number of fused-ring (bicyclic) bond motifs is 2. The second kappa shape index (κ2) is 2.17. The molecule has 0 aromatic rings. The molecule has 2 rings (SSSR count). The smallest absolute Gasteiger partial charge is 0.143 e. The monoisotopic (exact) mass is 160 g/mol. The van der Waals surface area contributed by atoms with E-state index in [0.29, 0.717) is 6.61 Å². The molecule has 4 atom stereocenters. The SMILES string of the molecule is CC1OC2(CO)COC1C2O. The third-order valence-electron chi connectivity index (χ3n) is 2.52. The van der Waals surface area contributed by atoms with Crippen LogP contribution in [0.3, 0.4) is 0 Å². The minimum absolute atomic E-state index is 0.106. The van der Waals surface area contributed by atoms with E-state index in [-0.39, 0.29) is 18.8 Å². The van der Waals surface area contributed by atoms with Crippen molar-refractivity contribution in [1.29, 1.82) is 0 Å². The molecule has 64 valence electrons. The van der Waals surface area contributed by atoms with Gasteiger partial charge in [0, 0.05) is 0 Å². The first-order valence-electron chi connectivity index (χ1n) is 3.78. The quantitative estimate of drug-likeness (QED) is 0.511. The summed E-state index contributed by atoms with van der Waals surface area (Å²) in [6.45, 7) is 1.97. The van der Waals surface area contributed by atoms with Gasteiger partial charge in [0.15, 0.2) is 0 Å². The summed E-state index contributed by atoms with van der Waals surface area (Å²) in [6, 6.07) is 0. The van der Waals surface area contributed by atoms with E-state index in [1.807, 2.05) is 6.92 Å². The van der Waals surface area contributed by atoms with Crippen molar-refractivity contribution >= 4 is 0 Å². The van der Waals surface area contributed by atoms with Crippen LogP contribution in [0.25, 0.3) is 0 Å². The van der Waals surface area contributed by atoms with Gasteiger partial charge in [-0.15, -0.1) is 0 Å². The summed E-state index contributed by atoms with van der Waals surface area (Å²) in [5.74, 6) is 0. The van der Waals surface area contributed by atoms with Crippen molar-refractivity contribution in [2.24, 2.45) is 0 Å². The molecule has 2 bridgehead atoms. The molecule has 0 aliphatic carbocycles. The zero-order valence-electron chi connectivity index (χ0n) is 6.36. The Labute approximate surface area is 64.7 Å². The zero-order chi connectivity index (χ0) is 8.06.